The number of aromatic nitrogens is 2. The second-order valence-corrected chi connectivity index (χ2v) is 7.84. The van der Waals surface area contributed by atoms with Gasteiger partial charge in [0.25, 0.3) is 5.56 Å². The van der Waals surface area contributed by atoms with E-state index in [0.717, 1.165) is 25.9 Å². The minimum absolute atomic E-state index is 0.0286. The molecule has 7 heteroatoms. The molecule has 0 spiro atoms. The Morgan fingerprint density at radius 2 is 2.11 bits per heavy atom. The lowest BCUT2D eigenvalue weighted by Crippen LogP contribution is -2.24. The molecule has 2 heterocycles. The zero-order valence-electron chi connectivity index (χ0n) is 14.5. The number of benzene rings is 2. The van der Waals surface area contributed by atoms with Crippen LogP contribution < -0.4 is 5.56 Å². The van der Waals surface area contributed by atoms with Gasteiger partial charge in [0, 0.05) is 12.4 Å². The maximum Gasteiger partial charge on any atom is 0.266 e. The predicted molar refractivity (Wildman–Crippen MR) is 107 cm³/mol. The van der Waals surface area contributed by atoms with Crippen molar-refractivity contribution in [3.8, 4) is 5.69 Å². The number of nitrogens with zero attached hydrogens (tertiary/aromatic N) is 2. The molecule has 1 aliphatic rings. The lowest BCUT2D eigenvalue weighted by atomic mass is 10.1. The smallest absolute Gasteiger partial charge is 0.266 e. The zero-order chi connectivity index (χ0) is 18.8. The highest BCUT2D eigenvalue weighted by molar-refractivity contribution is 7.99. The highest BCUT2D eigenvalue weighted by Crippen LogP contribution is 2.26. The summed E-state index contributed by atoms with van der Waals surface area (Å²) in [5.41, 5.74) is 0.936. The van der Waals surface area contributed by atoms with Gasteiger partial charge >= 0.3 is 0 Å². The first-order valence-corrected chi connectivity index (χ1v) is 10.2. The molecule has 0 aliphatic carbocycles. The van der Waals surface area contributed by atoms with E-state index in [4.69, 9.17) is 16.3 Å². The highest BCUT2D eigenvalue weighted by atomic mass is 35.5. The summed E-state index contributed by atoms with van der Waals surface area (Å²) >= 11 is 7.43. The Morgan fingerprint density at radius 3 is 2.89 bits per heavy atom. The summed E-state index contributed by atoms with van der Waals surface area (Å²) in [7, 11) is 0. The quantitative estimate of drug-likeness (QED) is 0.461. The van der Waals surface area contributed by atoms with Gasteiger partial charge in [-0.05, 0) is 49.6 Å². The Morgan fingerprint density at radius 1 is 1.26 bits per heavy atom. The lowest BCUT2D eigenvalue weighted by molar-refractivity contribution is 0.0315. The number of fused-ring (bicyclic) bond motifs is 1. The minimum Gasteiger partial charge on any atom is -0.377 e. The van der Waals surface area contributed by atoms with E-state index in [0.29, 0.717) is 27.5 Å². The van der Waals surface area contributed by atoms with E-state index >= 15 is 0 Å². The number of para-hydroxylation sites is 1. The lowest BCUT2D eigenvalue weighted by Gasteiger charge is -2.22. The standard InChI is InChI=1S/C20H18ClFN2O2S/c21-16-11-13(8-9-17(16)22)24-19(25)15-6-1-2-7-18(15)23-20(24)27-12-14-5-3-4-10-26-14/h1-2,6-9,11,14H,3-5,10,12H2/t14-/m0/s1. The third kappa shape index (κ3) is 3.88. The maximum atomic E-state index is 13.6. The van der Waals surface area contributed by atoms with Crippen LogP contribution in [0.25, 0.3) is 16.6 Å². The topological polar surface area (TPSA) is 44.1 Å². The molecule has 0 unspecified atom stereocenters. The van der Waals surface area contributed by atoms with Crippen molar-refractivity contribution in [2.75, 3.05) is 12.4 Å². The SMILES string of the molecule is O=c1c2ccccc2nc(SC[C@@H]2CCCCO2)n1-c1ccc(F)c(Cl)c1. The molecule has 0 amide bonds. The summed E-state index contributed by atoms with van der Waals surface area (Å²) in [6.07, 6.45) is 3.40. The molecule has 140 valence electrons. The van der Waals surface area contributed by atoms with Crippen LogP contribution in [0.1, 0.15) is 19.3 Å². The van der Waals surface area contributed by atoms with E-state index in [2.05, 4.69) is 4.98 Å². The van der Waals surface area contributed by atoms with E-state index in [-0.39, 0.29) is 16.7 Å². The van der Waals surface area contributed by atoms with E-state index in [1.807, 2.05) is 12.1 Å². The van der Waals surface area contributed by atoms with Gasteiger partial charge in [0.1, 0.15) is 5.82 Å². The molecular formula is C20H18ClFN2O2S. The van der Waals surface area contributed by atoms with Crippen molar-refractivity contribution in [1.29, 1.82) is 0 Å². The van der Waals surface area contributed by atoms with E-state index in [1.165, 1.54) is 28.5 Å². The van der Waals surface area contributed by atoms with Crippen molar-refractivity contribution < 1.29 is 9.13 Å². The molecule has 1 atom stereocenters. The van der Waals surface area contributed by atoms with Crippen molar-refractivity contribution in [3.05, 3.63) is 63.7 Å². The first kappa shape index (κ1) is 18.5. The number of rotatable bonds is 4. The molecule has 1 fully saturated rings. The fraction of sp³-hybridized carbons (Fsp3) is 0.300. The molecule has 4 nitrogen and oxygen atoms in total. The van der Waals surface area contributed by atoms with Crippen molar-refractivity contribution >= 4 is 34.3 Å². The van der Waals surface area contributed by atoms with Crippen molar-refractivity contribution in [1.82, 2.24) is 9.55 Å². The molecule has 0 bridgehead atoms. The van der Waals surface area contributed by atoms with Crippen LogP contribution in [0.4, 0.5) is 4.39 Å². The van der Waals surface area contributed by atoms with E-state index < -0.39 is 5.82 Å². The normalized spacial score (nSPS) is 17.3. The number of hydrogen-bond acceptors (Lipinski definition) is 4. The molecule has 1 aliphatic heterocycles. The monoisotopic (exact) mass is 404 g/mol. The summed E-state index contributed by atoms with van der Waals surface area (Å²) in [5, 5.41) is 1.03. The average Bonchev–Trinajstić information content (AvgIpc) is 2.70. The van der Waals surface area contributed by atoms with E-state index in [1.54, 1.807) is 18.2 Å². The number of ether oxygens (including phenoxy) is 1. The van der Waals surface area contributed by atoms with E-state index in [9.17, 15) is 9.18 Å². The number of halogens is 2. The largest absolute Gasteiger partial charge is 0.377 e. The van der Waals surface area contributed by atoms with Gasteiger partial charge in [0.15, 0.2) is 5.16 Å². The van der Waals surface area contributed by atoms with Gasteiger partial charge in [0.05, 0.1) is 27.7 Å². The second-order valence-electron chi connectivity index (χ2n) is 6.45. The van der Waals surface area contributed by atoms with Crippen LogP contribution in [0.3, 0.4) is 0 Å². The van der Waals surface area contributed by atoms with Crippen LogP contribution in [-0.4, -0.2) is 28.0 Å². The molecule has 0 N–H and O–H groups in total. The van der Waals surface area contributed by atoms with Crippen LogP contribution in [-0.2, 0) is 4.74 Å². The fourth-order valence-electron chi connectivity index (χ4n) is 3.17. The van der Waals surface area contributed by atoms with Crippen LogP contribution >= 0.6 is 23.4 Å². The Kier molecular flexibility index (Phi) is 5.48. The Balaban J connectivity index is 1.79. The summed E-state index contributed by atoms with van der Waals surface area (Å²) in [4.78, 5) is 17.8. The summed E-state index contributed by atoms with van der Waals surface area (Å²) in [6, 6.07) is 11.5. The summed E-state index contributed by atoms with van der Waals surface area (Å²) < 4.78 is 20.9. The maximum absolute atomic E-state index is 13.6. The van der Waals surface area contributed by atoms with Crippen molar-refractivity contribution in [2.24, 2.45) is 0 Å². The molecule has 0 radical (unpaired) electrons. The molecule has 1 aromatic heterocycles. The second kappa shape index (κ2) is 8.00. The number of hydrogen-bond donors (Lipinski definition) is 0. The average molecular weight is 405 g/mol. The van der Waals surface area contributed by atoms with Gasteiger partial charge in [0.2, 0.25) is 0 Å². The Bertz CT molecular complexity index is 1030. The predicted octanol–water partition coefficient (Wildman–Crippen LogP) is 4.84. The summed E-state index contributed by atoms with van der Waals surface area (Å²) in [5.74, 6) is 0.187. The number of thioether (sulfide) groups is 1. The Hall–Kier alpha value is -1.89. The molecule has 2 aromatic carbocycles. The van der Waals surface area contributed by atoms with Gasteiger partial charge in [-0.2, -0.15) is 0 Å². The first-order valence-electron chi connectivity index (χ1n) is 8.85. The molecule has 1 saturated heterocycles. The summed E-state index contributed by atoms with van der Waals surface area (Å²) in [6.45, 7) is 0.775. The van der Waals surface area contributed by atoms with Crippen molar-refractivity contribution in [3.63, 3.8) is 0 Å². The molecular weight excluding hydrogens is 387 g/mol. The van der Waals surface area contributed by atoms with Crippen molar-refractivity contribution in [2.45, 2.75) is 30.5 Å². The zero-order valence-corrected chi connectivity index (χ0v) is 16.1. The molecule has 0 saturated carbocycles. The van der Waals surface area contributed by atoms with Gasteiger partial charge in [-0.25, -0.2) is 9.37 Å². The third-order valence-corrected chi connectivity index (χ3v) is 5.94. The van der Waals surface area contributed by atoms with Crippen LogP contribution in [0.2, 0.25) is 5.02 Å². The van der Waals surface area contributed by atoms with Crippen LogP contribution in [0.5, 0.6) is 0 Å². The van der Waals surface area contributed by atoms with Gasteiger partial charge in [-0.3, -0.25) is 9.36 Å². The van der Waals surface area contributed by atoms with Gasteiger partial charge in [-0.15, -0.1) is 0 Å². The van der Waals surface area contributed by atoms with Crippen LogP contribution in [0.15, 0.2) is 52.4 Å². The highest BCUT2D eigenvalue weighted by Gasteiger charge is 2.18. The van der Waals surface area contributed by atoms with Gasteiger partial charge in [-0.1, -0.05) is 35.5 Å². The first-order chi connectivity index (χ1) is 13.1. The Labute approximate surface area is 165 Å². The minimum atomic E-state index is -0.521. The molecule has 27 heavy (non-hydrogen) atoms. The third-order valence-electron chi connectivity index (χ3n) is 4.58. The fourth-order valence-corrected chi connectivity index (χ4v) is 4.42. The van der Waals surface area contributed by atoms with Crippen LogP contribution in [0, 0.1) is 5.82 Å². The van der Waals surface area contributed by atoms with Gasteiger partial charge < -0.3 is 4.74 Å². The molecule has 3 aromatic rings. The molecule has 4 rings (SSSR count).